The highest BCUT2D eigenvalue weighted by molar-refractivity contribution is 5.91. The van der Waals surface area contributed by atoms with E-state index in [4.69, 9.17) is 14.2 Å². The number of fused-ring (bicyclic) bond motifs is 1. The normalized spacial score (nSPS) is 18.7. The Kier molecular flexibility index (Phi) is 4.00. The lowest BCUT2D eigenvalue weighted by Crippen LogP contribution is -2.26. The zero-order chi connectivity index (χ0) is 17.4. The lowest BCUT2D eigenvalue weighted by atomic mass is 10.1. The van der Waals surface area contributed by atoms with E-state index in [0.717, 1.165) is 42.6 Å². The minimum atomic E-state index is -0.0128. The summed E-state index contributed by atoms with van der Waals surface area (Å²) in [5, 5.41) is 0.884. The van der Waals surface area contributed by atoms with Gasteiger partial charge < -0.3 is 14.2 Å². The Balaban J connectivity index is 1.46. The zero-order valence-electron chi connectivity index (χ0n) is 14.6. The summed E-state index contributed by atoms with van der Waals surface area (Å²) in [6.45, 7) is 2.68. The number of methoxy groups -OCH3 is 2. The maximum absolute atomic E-state index is 12.0. The number of benzene rings is 1. The van der Waals surface area contributed by atoms with Gasteiger partial charge in [-0.3, -0.25) is 14.7 Å². The summed E-state index contributed by atoms with van der Waals surface area (Å²) < 4.78 is 16.8. The molecule has 6 nitrogen and oxygen atoms in total. The van der Waals surface area contributed by atoms with E-state index >= 15 is 0 Å². The number of nitrogens with zero attached hydrogens (tertiary/aromatic N) is 2. The third-order valence-corrected chi connectivity index (χ3v) is 5.21. The van der Waals surface area contributed by atoms with Crippen molar-refractivity contribution < 1.29 is 19.0 Å². The number of Topliss-reactive ketones (excluding diaryl/α,β-unsaturated/α-hetero) is 1. The highest BCUT2D eigenvalue weighted by Gasteiger charge is 2.54. The van der Waals surface area contributed by atoms with Crippen LogP contribution in [0.25, 0.3) is 10.9 Å². The minimum absolute atomic E-state index is 0.0128. The van der Waals surface area contributed by atoms with Gasteiger partial charge in [0.2, 0.25) is 0 Å². The van der Waals surface area contributed by atoms with Gasteiger partial charge in [-0.2, -0.15) is 0 Å². The molecule has 2 aromatic rings. The molecule has 0 bridgehead atoms. The molecule has 2 fully saturated rings. The highest BCUT2D eigenvalue weighted by Crippen LogP contribution is 2.50. The Morgan fingerprint density at radius 2 is 1.96 bits per heavy atom. The molecule has 0 unspecified atom stereocenters. The van der Waals surface area contributed by atoms with Crippen molar-refractivity contribution in [3.63, 3.8) is 0 Å². The summed E-state index contributed by atoms with van der Waals surface area (Å²) in [5.74, 6) is 2.45. The fourth-order valence-corrected chi connectivity index (χ4v) is 3.55. The molecule has 2 heterocycles. The smallest absolute Gasteiger partial charge is 0.163 e. The Labute approximate surface area is 146 Å². The largest absolute Gasteiger partial charge is 0.496 e. The fourth-order valence-electron chi connectivity index (χ4n) is 3.55. The number of pyridine rings is 1. The van der Waals surface area contributed by atoms with Crippen molar-refractivity contribution in [1.29, 1.82) is 0 Å². The monoisotopic (exact) mass is 342 g/mol. The molecular weight excluding hydrogens is 320 g/mol. The van der Waals surface area contributed by atoms with Crippen LogP contribution in [0.2, 0.25) is 0 Å². The van der Waals surface area contributed by atoms with Gasteiger partial charge in [0.1, 0.15) is 12.4 Å². The number of rotatable bonds is 6. The first-order valence-electron chi connectivity index (χ1n) is 8.54. The maximum Gasteiger partial charge on any atom is 0.163 e. The van der Waals surface area contributed by atoms with E-state index in [0.29, 0.717) is 30.4 Å². The zero-order valence-corrected chi connectivity index (χ0v) is 14.6. The third kappa shape index (κ3) is 2.91. The van der Waals surface area contributed by atoms with E-state index in [1.165, 1.54) is 0 Å². The molecule has 1 saturated heterocycles. The Bertz CT molecular complexity index is 816. The molecule has 25 heavy (non-hydrogen) atoms. The average Bonchev–Trinajstić information content (AvgIpc) is 3.34. The molecule has 2 aliphatic rings. The lowest BCUT2D eigenvalue weighted by molar-refractivity contribution is -0.120. The van der Waals surface area contributed by atoms with Gasteiger partial charge >= 0.3 is 0 Å². The van der Waals surface area contributed by atoms with Crippen molar-refractivity contribution in [2.45, 2.75) is 12.8 Å². The van der Waals surface area contributed by atoms with E-state index in [1.807, 2.05) is 18.2 Å². The summed E-state index contributed by atoms with van der Waals surface area (Å²) in [7, 11) is 3.25. The predicted molar refractivity (Wildman–Crippen MR) is 93.5 cm³/mol. The van der Waals surface area contributed by atoms with E-state index in [9.17, 15) is 4.79 Å². The SMILES string of the molecule is COc1cc2c(OC)ccnc2cc1OCCN1CC(=O)C2(CC2)C1. The second-order valence-corrected chi connectivity index (χ2v) is 6.80. The van der Waals surface area contributed by atoms with Gasteiger partial charge in [-0.15, -0.1) is 0 Å². The van der Waals surface area contributed by atoms with Crippen LogP contribution in [-0.2, 0) is 4.79 Å². The third-order valence-electron chi connectivity index (χ3n) is 5.21. The van der Waals surface area contributed by atoms with Crippen molar-refractivity contribution in [3.8, 4) is 17.2 Å². The van der Waals surface area contributed by atoms with Crippen LogP contribution in [0.5, 0.6) is 17.2 Å². The number of hydrogen-bond acceptors (Lipinski definition) is 6. The summed E-state index contributed by atoms with van der Waals surface area (Å²) in [6, 6.07) is 5.57. The number of carbonyl (C=O) groups is 1. The van der Waals surface area contributed by atoms with E-state index in [-0.39, 0.29) is 5.41 Å². The maximum atomic E-state index is 12.0. The lowest BCUT2D eigenvalue weighted by Gasteiger charge is -2.17. The Hall–Kier alpha value is -2.34. The number of hydrogen-bond donors (Lipinski definition) is 0. The molecular formula is C19H22N2O4. The van der Waals surface area contributed by atoms with Gasteiger partial charge in [0, 0.05) is 36.2 Å². The van der Waals surface area contributed by atoms with Crippen LogP contribution < -0.4 is 14.2 Å². The van der Waals surface area contributed by atoms with E-state index < -0.39 is 0 Å². The first-order valence-corrected chi connectivity index (χ1v) is 8.54. The summed E-state index contributed by atoms with van der Waals surface area (Å²) in [6.07, 6.45) is 3.81. The summed E-state index contributed by atoms with van der Waals surface area (Å²) >= 11 is 0. The number of carbonyl (C=O) groups excluding carboxylic acids is 1. The van der Waals surface area contributed by atoms with Crippen LogP contribution in [0.1, 0.15) is 12.8 Å². The van der Waals surface area contributed by atoms with Gasteiger partial charge in [0.15, 0.2) is 17.3 Å². The Morgan fingerprint density at radius 3 is 2.64 bits per heavy atom. The van der Waals surface area contributed by atoms with Crippen LogP contribution in [0.4, 0.5) is 0 Å². The van der Waals surface area contributed by atoms with Crippen molar-refractivity contribution in [1.82, 2.24) is 9.88 Å². The molecule has 1 aliphatic heterocycles. The standard InChI is InChI=1S/C19H22N2O4/c1-23-15-3-6-20-14-10-17(16(24-2)9-13(14)15)25-8-7-21-11-18(22)19(12-21)4-5-19/h3,6,9-10H,4-5,7-8,11-12H2,1-2H3. The quantitative estimate of drug-likeness (QED) is 0.803. The molecule has 0 radical (unpaired) electrons. The van der Waals surface area contributed by atoms with Gasteiger partial charge in [0.25, 0.3) is 0 Å². The number of ketones is 1. The van der Waals surface area contributed by atoms with E-state index in [1.54, 1.807) is 20.4 Å². The van der Waals surface area contributed by atoms with Crippen molar-refractivity contribution in [3.05, 3.63) is 24.4 Å². The number of aromatic nitrogens is 1. The van der Waals surface area contributed by atoms with Crippen molar-refractivity contribution >= 4 is 16.7 Å². The Morgan fingerprint density at radius 1 is 1.16 bits per heavy atom. The topological polar surface area (TPSA) is 60.9 Å². The molecule has 1 aromatic carbocycles. The van der Waals surface area contributed by atoms with E-state index in [2.05, 4.69) is 9.88 Å². The van der Waals surface area contributed by atoms with Crippen molar-refractivity contribution in [2.24, 2.45) is 5.41 Å². The predicted octanol–water partition coefficient (Wildman–Crippen LogP) is 2.30. The van der Waals surface area contributed by atoms with Crippen LogP contribution in [0.3, 0.4) is 0 Å². The van der Waals surface area contributed by atoms with Gasteiger partial charge in [0.05, 0.1) is 26.3 Å². The molecule has 1 spiro atoms. The second kappa shape index (κ2) is 6.19. The highest BCUT2D eigenvalue weighted by atomic mass is 16.5. The molecule has 0 N–H and O–H groups in total. The first kappa shape index (κ1) is 16.1. The van der Waals surface area contributed by atoms with Gasteiger partial charge in [-0.1, -0.05) is 0 Å². The van der Waals surface area contributed by atoms with Crippen LogP contribution in [0, 0.1) is 5.41 Å². The van der Waals surface area contributed by atoms with Gasteiger partial charge in [-0.05, 0) is 25.0 Å². The van der Waals surface area contributed by atoms with Gasteiger partial charge in [-0.25, -0.2) is 0 Å². The second-order valence-electron chi connectivity index (χ2n) is 6.80. The minimum Gasteiger partial charge on any atom is -0.496 e. The summed E-state index contributed by atoms with van der Waals surface area (Å²) in [4.78, 5) is 18.5. The fraction of sp³-hybridized carbons (Fsp3) is 0.474. The molecule has 6 heteroatoms. The van der Waals surface area contributed by atoms with Crippen LogP contribution in [0.15, 0.2) is 24.4 Å². The molecule has 4 rings (SSSR count). The van der Waals surface area contributed by atoms with Crippen molar-refractivity contribution in [2.75, 3.05) is 40.5 Å². The molecule has 1 saturated carbocycles. The summed E-state index contributed by atoms with van der Waals surface area (Å²) in [5.41, 5.74) is 0.782. The number of likely N-dealkylation sites (tertiary alicyclic amines) is 1. The molecule has 132 valence electrons. The molecule has 0 atom stereocenters. The molecule has 1 aliphatic carbocycles. The first-order chi connectivity index (χ1) is 12.1. The van der Waals surface area contributed by atoms with Crippen LogP contribution in [-0.4, -0.2) is 56.1 Å². The molecule has 1 aromatic heterocycles. The number of ether oxygens (including phenoxy) is 3. The molecule has 0 amide bonds. The average molecular weight is 342 g/mol. The van der Waals surface area contributed by atoms with Crippen LogP contribution >= 0.6 is 0 Å².